The van der Waals surface area contributed by atoms with Crippen LogP contribution in [0, 0.1) is 6.92 Å². The van der Waals surface area contributed by atoms with Crippen LogP contribution < -0.4 is 10.7 Å². The van der Waals surface area contributed by atoms with Gasteiger partial charge in [0.25, 0.3) is 5.91 Å². The van der Waals surface area contributed by atoms with Crippen LogP contribution >= 0.6 is 11.6 Å². The zero-order valence-electron chi connectivity index (χ0n) is 10.3. The van der Waals surface area contributed by atoms with Gasteiger partial charge in [-0.2, -0.15) is 0 Å². The van der Waals surface area contributed by atoms with Crippen molar-refractivity contribution in [3.05, 3.63) is 33.7 Å². The van der Waals surface area contributed by atoms with Crippen molar-refractivity contribution in [3.8, 4) is 0 Å². The van der Waals surface area contributed by atoms with Crippen LogP contribution in [0.5, 0.6) is 0 Å². The highest BCUT2D eigenvalue weighted by atomic mass is 35.5. The molecule has 98 valence electrons. The van der Waals surface area contributed by atoms with E-state index in [1.54, 1.807) is 6.92 Å². The molecule has 1 fully saturated rings. The highest BCUT2D eigenvalue weighted by Gasteiger charge is 2.25. The third-order valence-corrected chi connectivity index (χ3v) is 3.82. The third-order valence-electron chi connectivity index (χ3n) is 3.30. The number of nitrogens with one attached hydrogen (secondary N) is 2. The Balaban J connectivity index is 2.09. The molecule has 1 amide bonds. The standard InChI is InChI=1S/C13H17ClN2O2/c1-8-6-12(17)9(7-15-8)13(18)16-11-5-3-2-4-10(11)14/h6-7,10-11H,2-5H2,1H3,(H,15,17)(H,16,18). The summed E-state index contributed by atoms with van der Waals surface area (Å²) >= 11 is 6.18. The molecule has 0 spiro atoms. The SMILES string of the molecule is Cc1cc(=O)c(C(=O)NC2CCCCC2Cl)c[nH]1. The predicted octanol–water partition coefficient (Wildman–Crippen LogP) is 1.96. The van der Waals surface area contributed by atoms with Crippen molar-refractivity contribution in [2.75, 3.05) is 0 Å². The van der Waals surface area contributed by atoms with Crippen molar-refractivity contribution in [1.29, 1.82) is 0 Å². The van der Waals surface area contributed by atoms with Crippen LogP contribution in [-0.2, 0) is 0 Å². The minimum absolute atomic E-state index is 0.0337. The van der Waals surface area contributed by atoms with Gasteiger partial charge in [-0.05, 0) is 19.8 Å². The number of halogens is 1. The lowest BCUT2D eigenvalue weighted by atomic mass is 9.94. The number of H-pyrrole nitrogens is 1. The minimum Gasteiger partial charge on any atom is -0.364 e. The number of aryl methyl sites for hydroxylation is 1. The summed E-state index contributed by atoms with van der Waals surface area (Å²) in [5, 5.41) is 2.82. The Kier molecular flexibility index (Phi) is 4.07. The van der Waals surface area contributed by atoms with E-state index >= 15 is 0 Å². The first-order chi connectivity index (χ1) is 8.58. The third kappa shape index (κ3) is 2.93. The van der Waals surface area contributed by atoms with Gasteiger partial charge in [0.2, 0.25) is 0 Å². The Labute approximate surface area is 111 Å². The zero-order chi connectivity index (χ0) is 13.1. The van der Waals surface area contributed by atoms with Gasteiger partial charge in [0, 0.05) is 24.0 Å². The maximum Gasteiger partial charge on any atom is 0.257 e. The molecule has 5 heteroatoms. The van der Waals surface area contributed by atoms with Crippen LogP contribution in [0.1, 0.15) is 41.7 Å². The van der Waals surface area contributed by atoms with Crippen molar-refractivity contribution in [3.63, 3.8) is 0 Å². The first kappa shape index (κ1) is 13.1. The summed E-state index contributed by atoms with van der Waals surface area (Å²) in [5.41, 5.74) is 0.630. The van der Waals surface area contributed by atoms with Crippen LogP contribution in [0.2, 0.25) is 0 Å². The number of rotatable bonds is 2. The van der Waals surface area contributed by atoms with E-state index in [9.17, 15) is 9.59 Å². The van der Waals surface area contributed by atoms with Crippen molar-refractivity contribution in [2.24, 2.45) is 0 Å². The van der Waals surface area contributed by atoms with Crippen molar-refractivity contribution in [2.45, 2.75) is 44.0 Å². The summed E-state index contributed by atoms with van der Waals surface area (Å²) in [5.74, 6) is -0.339. The second kappa shape index (κ2) is 5.57. The molecule has 1 aliphatic rings. The Bertz CT molecular complexity index is 498. The summed E-state index contributed by atoms with van der Waals surface area (Å²) in [4.78, 5) is 26.6. The summed E-state index contributed by atoms with van der Waals surface area (Å²) in [6, 6.07) is 1.39. The number of hydrogen-bond acceptors (Lipinski definition) is 2. The molecule has 1 aromatic rings. The van der Waals surface area contributed by atoms with Crippen LogP contribution in [-0.4, -0.2) is 22.3 Å². The van der Waals surface area contributed by atoms with E-state index in [1.165, 1.54) is 12.3 Å². The van der Waals surface area contributed by atoms with E-state index in [0.29, 0.717) is 0 Å². The number of carbonyl (C=O) groups excluding carboxylic acids is 1. The average molecular weight is 269 g/mol. The molecule has 18 heavy (non-hydrogen) atoms. The molecule has 0 radical (unpaired) electrons. The monoisotopic (exact) mass is 268 g/mol. The molecule has 1 aromatic heterocycles. The van der Waals surface area contributed by atoms with Crippen molar-refractivity contribution in [1.82, 2.24) is 10.3 Å². The van der Waals surface area contributed by atoms with E-state index in [4.69, 9.17) is 11.6 Å². The van der Waals surface area contributed by atoms with E-state index in [0.717, 1.165) is 31.4 Å². The van der Waals surface area contributed by atoms with Gasteiger partial charge in [0.05, 0.1) is 5.38 Å². The number of amides is 1. The predicted molar refractivity (Wildman–Crippen MR) is 71.2 cm³/mol. The molecule has 2 N–H and O–H groups in total. The van der Waals surface area contributed by atoms with Crippen molar-refractivity contribution < 1.29 is 4.79 Å². The fraction of sp³-hybridized carbons (Fsp3) is 0.538. The maximum atomic E-state index is 12.0. The van der Waals surface area contributed by atoms with E-state index in [1.807, 2.05) is 0 Å². The summed E-state index contributed by atoms with van der Waals surface area (Å²) < 4.78 is 0. The van der Waals surface area contributed by atoms with E-state index in [-0.39, 0.29) is 28.3 Å². The summed E-state index contributed by atoms with van der Waals surface area (Å²) in [6.45, 7) is 1.78. The quantitative estimate of drug-likeness (QED) is 0.806. The molecule has 1 aliphatic carbocycles. The second-order valence-corrected chi connectivity index (χ2v) is 5.33. The molecule has 2 atom stereocenters. The molecule has 0 aromatic carbocycles. The van der Waals surface area contributed by atoms with Crippen LogP contribution in [0.15, 0.2) is 17.1 Å². The fourth-order valence-electron chi connectivity index (χ4n) is 2.24. The number of aromatic nitrogens is 1. The Morgan fingerprint density at radius 3 is 2.83 bits per heavy atom. The maximum absolute atomic E-state index is 12.0. The number of aromatic amines is 1. The Morgan fingerprint density at radius 1 is 1.44 bits per heavy atom. The molecule has 1 heterocycles. The minimum atomic E-state index is -0.339. The Hall–Kier alpha value is -1.29. The first-order valence-electron chi connectivity index (χ1n) is 6.22. The highest BCUT2D eigenvalue weighted by molar-refractivity contribution is 6.21. The lowest BCUT2D eigenvalue weighted by Crippen LogP contribution is -2.44. The molecular weight excluding hydrogens is 252 g/mol. The average Bonchev–Trinajstić information content (AvgIpc) is 2.32. The number of alkyl halides is 1. The van der Waals surface area contributed by atoms with Crippen molar-refractivity contribution >= 4 is 17.5 Å². The number of pyridine rings is 1. The van der Waals surface area contributed by atoms with Gasteiger partial charge in [-0.15, -0.1) is 11.6 Å². The largest absolute Gasteiger partial charge is 0.364 e. The molecule has 4 nitrogen and oxygen atoms in total. The zero-order valence-corrected chi connectivity index (χ0v) is 11.1. The summed E-state index contributed by atoms with van der Waals surface area (Å²) in [6.07, 6.45) is 5.42. The van der Waals surface area contributed by atoms with Gasteiger partial charge in [-0.3, -0.25) is 9.59 Å². The van der Waals surface area contributed by atoms with Crippen LogP contribution in [0.4, 0.5) is 0 Å². The topological polar surface area (TPSA) is 62.0 Å². The first-order valence-corrected chi connectivity index (χ1v) is 6.66. The molecule has 2 rings (SSSR count). The second-order valence-electron chi connectivity index (χ2n) is 4.77. The van der Waals surface area contributed by atoms with Gasteiger partial charge in [-0.1, -0.05) is 12.8 Å². The normalized spacial score (nSPS) is 23.7. The Morgan fingerprint density at radius 2 is 2.17 bits per heavy atom. The van der Waals surface area contributed by atoms with Crippen LogP contribution in [0.25, 0.3) is 0 Å². The smallest absolute Gasteiger partial charge is 0.257 e. The lowest BCUT2D eigenvalue weighted by Gasteiger charge is -2.27. The van der Waals surface area contributed by atoms with E-state index in [2.05, 4.69) is 10.3 Å². The highest BCUT2D eigenvalue weighted by Crippen LogP contribution is 2.23. The molecule has 0 bridgehead atoms. The van der Waals surface area contributed by atoms with Gasteiger partial charge < -0.3 is 10.3 Å². The van der Waals surface area contributed by atoms with Gasteiger partial charge in [0.15, 0.2) is 5.43 Å². The van der Waals surface area contributed by atoms with Crippen LogP contribution in [0.3, 0.4) is 0 Å². The fourth-order valence-corrected chi connectivity index (χ4v) is 2.59. The molecule has 2 unspecified atom stereocenters. The molecule has 0 aliphatic heterocycles. The molecule has 1 saturated carbocycles. The van der Waals surface area contributed by atoms with E-state index < -0.39 is 0 Å². The molecular formula is C13H17ClN2O2. The number of hydrogen-bond donors (Lipinski definition) is 2. The van der Waals surface area contributed by atoms with Gasteiger partial charge in [0.1, 0.15) is 5.56 Å². The number of carbonyl (C=O) groups is 1. The summed E-state index contributed by atoms with van der Waals surface area (Å²) in [7, 11) is 0. The van der Waals surface area contributed by atoms with Gasteiger partial charge in [-0.25, -0.2) is 0 Å². The molecule has 0 saturated heterocycles. The van der Waals surface area contributed by atoms with Gasteiger partial charge >= 0.3 is 0 Å². The lowest BCUT2D eigenvalue weighted by molar-refractivity contribution is 0.0927.